The van der Waals surface area contributed by atoms with Crippen molar-refractivity contribution in [3.8, 4) is 0 Å². The fourth-order valence-electron chi connectivity index (χ4n) is 18.5. The van der Waals surface area contributed by atoms with E-state index in [1.807, 2.05) is 0 Å². The van der Waals surface area contributed by atoms with Crippen LogP contribution in [0.5, 0.6) is 0 Å². The zero-order chi connectivity index (χ0) is 82.3. The second-order valence-corrected chi connectivity index (χ2v) is 31.7. The quantitative estimate of drug-likeness (QED) is 0.0747. The highest BCUT2D eigenvalue weighted by Crippen LogP contribution is 2.48. The van der Waals surface area contributed by atoms with E-state index in [1.165, 1.54) is 153 Å². The summed E-state index contributed by atoms with van der Waals surface area (Å²) in [6.45, 7) is 0. The van der Waals surface area contributed by atoms with E-state index in [4.69, 9.17) is 0 Å². The standard InChI is InChI=1S/C43H30N2.2C37H28N2/c1-44(40-28-27-38-36-19-8-14-30-13-7-18-35(42(30)36)37-20-10-21-39(40)43(37)38)31-23-25-33(26-24-31)45(32-15-3-2-4-16-32)41-22-9-12-29-11-5-6-17-34(29)41;1-38(37-26-28-13-6-7-17-32(28)34-19-9-10-20-35(34)37)29-22-24-31(25-23-29)39(30-15-3-2-4-16-30)36-21-11-14-27-12-5-8-18-33(27)36;1-38(35-19-18-30-24-28-11-5-6-12-29(28)25-31(30)26-35)32-20-22-34(23-21-32)39(33-14-3-2-4-15-33)37-17-9-13-27-10-7-8-16-36(27)37/h2-28H,1H3;2*2-26H,1H3. The third-order valence-electron chi connectivity index (χ3n) is 24.6. The molecule has 6 heteroatoms. The SMILES string of the molecule is CN(c1ccc(N(c2ccccc2)c2cccc3ccccc23)cc1)c1cc2ccccc2c2ccccc12.CN(c1ccc(N(c2ccccc2)c2cccc3ccccc23)cc1)c1ccc2c3cccc4cccc(c5cccc1c52)c43.CN(c1ccc(N(c2ccccc2)c2cccc3ccccc23)cc1)c1ccc2cc3ccccc3cc2c1. The van der Waals surface area contributed by atoms with E-state index < -0.39 is 0 Å². The van der Waals surface area contributed by atoms with Gasteiger partial charge in [-0.25, -0.2) is 0 Å². The van der Waals surface area contributed by atoms with Crippen molar-refractivity contribution in [1.29, 1.82) is 0 Å². The molecule has 0 unspecified atom stereocenters. The second kappa shape index (κ2) is 32.4. The van der Waals surface area contributed by atoms with Crippen LogP contribution in [0.1, 0.15) is 0 Å². The summed E-state index contributed by atoms with van der Waals surface area (Å²) < 4.78 is 0. The van der Waals surface area contributed by atoms with Crippen molar-refractivity contribution < 1.29 is 0 Å². The number of fused-ring (bicyclic) bond motifs is 10. The van der Waals surface area contributed by atoms with Crippen LogP contribution in [0.2, 0.25) is 0 Å². The van der Waals surface area contributed by atoms with Crippen molar-refractivity contribution >= 4 is 204 Å². The van der Waals surface area contributed by atoms with Gasteiger partial charge in [0.15, 0.2) is 0 Å². The molecule has 23 aromatic rings. The van der Waals surface area contributed by atoms with Crippen LogP contribution < -0.4 is 29.4 Å². The first-order valence-electron chi connectivity index (χ1n) is 42.2. The monoisotopic (exact) mass is 1570 g/mol. The maximum Gasteiger partial charge on any atom is 0.0540 e. The molecule has 0 saturated carbocycles. The summed E-state index contributed by atoms with van der Waals surface area (Å²) in [6.07, 6.45) is 0. The zero-order valence-corrected chi connectivity index (χ0v) is 68.6. The minimum atomic E-state index is 1.12. The molecule has 23 rings (SSSR count). The highest BCUT2D eigenvalue weighted by Gasteiger charge is 2.23. The summed E-state index contributed by atoms with van der Waals surface area (Å²) in [5, 5.41) is 28.0. The molecule has 584 valence electrons. The molecule has 0 amide bonds. The lowest BCUT2D eigenvalue weighted by Crippen LogP contribution is -2.12. The van der Waals surface area contributed by atoms with Crippen molar-refractivity contribution in [2.75, 3.05) is 50.5 Å². The lowest BCUT2D eigenvalue weighted by Gasteiger charge is -2.28. The Labute approximate surface area is 716 Å². The van der Waals surface area contributed by atoms with Crippen LogP contribution >= 0.6 is 0 Å². The van der Waals surface area contributed by atoms with Gasteiger partial charge in [0.05, 0.1) is 17.1 Å². The third kappa shape index (κ3) is 14.0. The van der Waals surface area contributed by atoms with E-state index in [9.17, 15) is 0 Å². The lowest BCUT2D eigenvalue weighted by molar-refractivity contribution is 1.21. The van der Waals surface area contributed by atoms with E-state index in [0.29, 0.717) is 0 Å². The average Bonchev–Trinajstić information content (AvgIpc) is 0.715. The van der Waals surface area contributed by atoms with Crippen molar-refractivity contribution in [3.05, 3.63) is 467 Å². The Morgan fingerprint density at radius 2 is 0.415 bits per heavy atom. The topological polar surface area (TPSA) is 19.4 Å². The number of hydrogen-bond acceptors (Lipinski definition) is 6. The predicted molar refractivity (Wildman–Crippen MR) is 531 cm³/mol. The molecule has 0 heterocycles. The molecule has 0 radical (unpaired) electrons. The van der Waals surface area contributed by atoms with Gasteiger partial charge in [-0.05, 0) is 255 Å². The number of benzene rings is 23. The van der Waals surface area contributed by atoms with Gasteiger partial charge in [0.1, 0.15) is 0 Å². The molecule has 0 aliphatic rings. The van der Waals surface area contributed by atoms with Crippen LogP contribution in [-0.2, 0) is 0 Å². The lowest BCUT2D eigenvalue weighted by atomic mass is 9.89. The van der Waals surface area contributed by atoms with Gasteiger partial charge >= 0.3 is 0 Å². The Morgan fingerprint density at radius 3 is 0.886 bits per heavy atom. The normalized spacial score (nSPS) is 11.4. The number of para-hydroxylation sites is 3. The van der Waals surface area contributed by atoms with Gasteiger partial charge in [-0.2, -0.15) is 0 Å². The van der Waals surface area contributed by atoms with Crippen molar-refractivity contribution in [2.24, 2.45) is 0 Å². The van der Waals surface area contributed by atoms with Crippen LogP contribution in [0, 0.1) is 0 Å². The van der Waals surface area contributed by atoms with E-state index in [0.717, 1.165) is 51.2 Å². The maximum atomic E-state index is 2.35. The molecule has 0 spiro atoms. The van der Waals surface area contributed by atoms with Crippen LogP contribution in [0.4, 0.5) is 85.3 Å². The summed E-state index contributed by atoms with van der Waals surface area (Å²) in [4.78, 5) is 13.9. The predicted octanol–water partition coefficient (Wildman–Crippen LogP) is 32.9. The van der Waals surface area contributed by atoms with Crippen molar-refractivity contribution in [1.82, 2.24) is 0 Å². The summed E-state index contributed by atoms with van der Waals surface area (Å²) in [5.74, 6) is 0. The molecule has 123 heavy (non-hydrogen) atoms. The zero-order valence-electron chi connectivity index (χ0n) is 68.6. The molecular weight excluding hydrogens is 1490 g/mol. The average molecular weight is 1580 g/mol. The van der Waals surface area contributed by atoms with Gasteiger partial charge in [-0.1, -0.05) is 303 Å². The Bertz CT molecular complexity index is 7750. The highest BCUT2D eigenvalue weighted by atomic mass is 15.2. The summed E-state index contributed by atoms with van der Waals surface area (Å²) in [6, 6.07) is 168. The molecule has 0 aliphatic carbocycles. The first kappa shape index (κ1) is 74.5. The number of rotatable bonds is 15. The van der Waals surface area contributed by atoms with E-state index in [2.05, 4.69) is 518 Å². The second-order valence-electron chi connectivity index (χ2n) is 31.7. The molecule has 0 atom stereocenters. The van der Waals surface area contributed by atoms with E-state index >= 15 is 0 Å². The molecule has 0 aromatic heterocycles. The van der Waals surface area contributed by atoms with Crippen LogP contribution in [-0.4, -0.2) is 21.1 Å². The van der Waals surface area contributed by atoms with E-state index in [1.54, 1.807) is 0 Å². The maximum absolute atomic E-state index is 2.35. The van der Waals surface area contributed by atoms with Gasteiger partial charge in [-0.3, -0.25) is 0 Å². The summed E-state index contributed by atoms with van der Waals surface area (Å²) in [5.41, 5.74) is 17.3. The van der Waals surface area contributed by atoms with Gasteiger partial charge in [0.25, 0.3) is 0 Å². The third-order valence-corrected chi connectivity index (χ3v) is 24.6. The molecule has 0 saturated heterocycles. The van der Waals surface area contributed by atoms with E-state index in [-0.39, 0.29) is 0 Å². The van der Waals surface area contributed by atoms with Gasteiger partial charge < -0.3 is 29.4 Å². The summed E-state index contributed by atoms with van der Waals surface area (Å²) >= 11 is 0. The first-order chi connectivity index (χ1) is 60.8. The van der Waals surface area contributed by atoms with Gasteiger partial charge in [-0.15, -0.1) is 0 Å². The van der Waals surface area contributed by atoms with Gasteiger partial charge in [0, 0.05) is 116 Å². The molecular formula is C117H86N6. The number of hydrogen-bond donors (Lipinski definition) is 0. The smallest absolute Gasteiger partial charge is 0.0540 e. The molecule has 0 aliphatic heterocycles. The fraction of sp³-hybridized carbons (Fsp3) is 0.0256. The molecule has 0 fully saturated rings. The number of nitrogens with zero attached hydrogens (tertiary/aromatic N) is 6. The summed E-state index contributed by atoms with van der Waals surface area (Å²) in [7, 11) is 6.47. The van der Waals surface area contributed by atoms with Crippen molar-refractivity contribution in [3.63, 3.8) is 0 Å². The van der Waals surface area contributed by atoms with Crippen LogP contribution in [0.25, 0.3) is 118 Å². The highest BCUT2D eigenvalue weighted by molar-refractivity contribution is 6.34. The Balaban J connectivity index is 0.000000114. The Hall–Kier alpha value is -16.0. The first-order valence-corrected chi connectivity index (χ1v) is 42.2. The minimum absolute atomic E-state index is 1.12. The van der Waals surface area contributed by atoms with Crippen LogP contribution in [0.15, 0.2) is 467 Å². The largest absolute Gasteiger partial charge is 0.345 e. The molecule has 0 N–H and O–H groups in total. The Morgan fingerprint density at radius 1 is 0.122 bits per heavy atom. The minimum Gasteiger partial charge on any atom is -0.345 e. The molecule has 6 nitrogen and oxygen atoms in total. The van der Waals surface area contributed by atoms with Crippen LogP contribution in [0.3, 0.4) is 0 Å². The Kier molecular flexibility index (Phi) is 19.6. The van der Waals surface area contributed by atoms with Gasteiger partial charge in [0.2, 0.25) is 0 Å². The number of anilines is 15. The molecule has 23 aromatic carbocycles. The van der Waals surface area contributed by atoms with Crippen molar-refractivity contribution in [2.45, 2.75) is 0 Å². The molecule has 0 bridgehead atoms. The fourth-order valence-corrected chi connectivity index (χ4v) is 18.5.